The Hall–Kier alpha value is -3.73. The van der Waals surface area contributed by atoms with Gasteiger partial charge in [-0.1, -0.05) is 78.9 Å². The van der Waals surface area contributed by atoms with Crippen molar-refractivity contribution in [2.45, 2.75) is 26.3 Å². The van der Waals surface area contributed by atoms with Crippen LogP contribution in [0, 0.1) is 6.92 Å². The van der Waals surface area contributed by atoms with E-state index in [4.69, 9.17) is 4.74 Å². The van der Waals surface area contributed by atoms with Gasteiger partial charge in [0.15, 0.2) is 12.4 Å². The van der Waals surface area contributed by atoms with Gasteiger partial charge >= 0.3 is 5.97 Å². The van der Waals surface area contributed by atoms with Crippen molar-refractivity contribution in [3.63, 3.8) is 0 Å². The Morgan fingerprint density at radius 2 is 1.42 bits per heavy atom. The summed E-state index contributed by atoms with van der Waals surface area (Å²) in [6, 6.07) is 24.9. The summed E-state index contributed by atoms with van der Waals surface area (Å²) in [5, 5.41) is 2.72. The summed E-state index contributed by atoms with van der Waals surface area (Å²) in [5.74, 6) is -1.08. The molecule has 0 aromatic heterocycles. The molecule has 0 atom stereocenters. The van der Waals surface area contributed by atoms with Crippen LogP contribution in [0.1, 0.15) is 34.3 Å². The van der Waals surface area contributed by atoms with E-state index < -0.39 is 5.97 Å². The molecular formula is C26H25NO4. The predicted octanol–water partition coefficient (Wildman–Crippen LogP) is 4.48. The van der Waals surface area contributed by atoms with Crippen molar-refractivity contribution >= 4 is 17.7 Å². The smallest absolute Gasteiger partial charge is 0.306 e. The molecule has 31 heavy (non-hydrogen) atoms. The van der Waals surface area contributed by atoms with Gasteiger partial charge in [-0.05, 0) is 29.2 Å². The lowest BCUT2D eigenvalue weighted by molar-refractivity contribution is -0.148. The molecule has 0 unspecified atom stereocenters. The van der Waals surface area contributed by atoms with Gasteiger partial charge in [0.05, 0.1) is 6.42 Å². The molecule has 5 nitrogen and oxygen atoms in total. The third-order valence-corrected chi connectivity index (χ3v) is 4.97. The molecule has 0 radical (unpaired) electrons. The summed E-state index contributed by atoms with van der Waals surface area (Å²) >= 11 is 0. The van der Waals surface area contributed by atoms with Gasteiger partial charge < -0.3 is 10.1 Å². The van der Waals surface area contributed by atoms with E-state index in [9.17, 15) is 14.4 Å². The number of esters is 1. The average molecular weight is 415 g/mol. The number of rotatable bonds is 9. The van der Waals surface area contributed by atoms with Crippen molar-refractivity contribution in [2.24, 2.45) is 0 Å². The molecule has 0 aliphatic carbocycles. The first-order chi connectivity index (χ1) is 15.0. The van der Waals surface area contributed by atoms with Crippen LogP contribution in [-0.2, 0) is 20.9 Å². The molecule has 3 aromatic rings. The van der Waals surface area contributed by atoms with E-state index in [1.54, 1.807) is 12.1 Å². The Kier molecular flexibility index (Phi) is 7.71. The molecule has 3 rings (SSSR count). The van der Waals surface area contributed by atoms with Gasteiger partial charge in [0.1, 0.15) is 0 Å². The number of ether oxygens (including phenoxy) is 1. The molecule has 0 aliphatic rings. The highest BCUT2D eigenvalue weighted by atomic mass is 16.5. The molecule has 0 spiro atoms. The highest BCUT2D eigenvalue weighted by Crippen LogP contribution is 2.20. The molecule has 0 saturated carbocycles. The van der Waals surface area contributed by atoms with Crippen LogP contribution in [0.3, 0.4) is 0 Å². The normalized spacial score (nSPS) is 10.4. The van der Waals surface area contributed by atoms with Crippen LogP contribution in [-0.4, -0.2) is 24.3 Å². The van der Waals surface area contributed by atoms with Gasteiger partial charge in [-0.3, -0.25) is 14.4 Å². The standard InChI is InChI=1S/C26H25NO4/c1-19-7-5-6-10-23(19)17-27-25(29)18-31-26(30)16-15-24(28)22-13-11-21(12-14-22)20-8-3-2-4-9-20/h2-14H,15-18H2,1H3,(H,27,29). The fourth-order valence-corrected chi connectivity index (χ4v) is 3.11. The third kappa shape index (κ3) is 6.64. The van der Waals surface area contributed by atoms with E-state index in [0.717, 1.165) is 22.3 Å². The number of carbonyl (C=O) groups excluding carboxylic acids is 3. The molecule has 0 bridgehead atoms. The number of nitrogens with one attached hydrogen (secondary N) is 1. The second kappa shape index (κ2) is 10.9. The number of hydrogen-bond donors (Lipinski definition) is 1. The van der Waals surface area contributed by atoms with E-state index >= 15 is 0 Å². The molecule has 3 aromatic carbocycles. The van der Waals surface area contributed by atoms with Crippen molar-refractivity contribution in [3.05, 3.63) is 95.6 Å². The molecule has 1 amide bonds. The molecule has 0 saturated heterocycles. The third-order valence-electron chi connectivity index (χ3n) is 4.97. The van der Waals surface area contributed by atoms with Crippen molar-refractivity contribution in [1.29, 1.82) is 0 Å². The van der Waals surface area contributed by atoms with Crippen LogP contribution in [0.4, 0.5) is 0 Å². The molecular weight excluding hydrogens is 390 g/mol. The van der Waals surface area contributed by atoms with Gasteiger partial charge in [0.2, 0.25) is 0 Å². The first kappa shape index (κ1) is 22.0. The van der Waals surface area contributed by atoms with Crippen LogP contribution in [0.5, 0.6) is 0 Å². The monoisotopic (exact) mass is 415 g/mol. The number of hydrogen-bond acceptors (Lipinski definition) is 4. The maximum atomic E-state index is 12.3. The maximum absolute atomic E-state index is 12.3. The Morgan fingerprint density at radius 3 is 2.13 bits per heavy atom. The van der Waals surface area contributed by atoms with Crippen molar-refractivity contribution in [2.75, 3.05) is 6.61 Å². The lowest BCUT2D eigenvalue weighted by atomic mass is 10.0. The highest BCUT2D eigenvalue weighted by Gasteiger charge is 2.12. The quantitative estimate of drug-likeness (QED) is 0.413. The van der Waals surface area contributed by atoms with Gasteiger partial charge in [0.25, 0.3) is 5.91 Å². The van der Waals surface area contributed by atoms with Crippen molar-refractivity contribution in [3.8, 4) is 11.1 Å². The highest BCUT2D eigenvalue weighted by molar-refractivity contribution is 5.98. The van der Waals surface area contributed by atoms with E-state index in [0.29, 0.717) is 12.1 Å². The summed E-state index contributed by atoms with van der Waals surface area (Å²) in [6.07, 6.45) is -0.0291. The SMILES string of the molecule is Cc1ccccc1CNC(=O)COC(=O)CCC(=O)c1ccc(-c2ccccc2)cc1. The van der Waals surface area contributed by atoms with Crippen molar-refractivity contribution < 1.29 is 19.1 Å². The fraction of sp³-hybridized carbons (Fsp3) is 0.192. The molecule has 5 heteroatoms. The number of aryl methyl sites for hydroxylation is 1. The number of benzene rings is 3. The molecule has 0 heterocycles. The number of carbonyl (C=O) groups is 3. The lowest BCUT2D eigenvalue weighted by Gasteiger charge is -2.08. The Morgan fingerprint density at radius 1 is 0.774 bits per heavy atom. The predicted molar refractivity (Wildman–Crippen MR) is 119 cm³/mol. The van der Waals surface area contributed by atoms with Crippen LogP contribution in [0.15, 0.2) is 78.9 Å². The summed E-state index contributed by atoms with van der Waals surface area (Å²) in [4.78, 5) is 36.1. The van der Waals surface area contributed by atoms with E-state index in [1.165, 1.54) is 0 Å². The summed E-state index contributed by atoms with van der Waals surface area (Å²) in [5.41, 5.74) is 4.73. The van der Waals surface area contributed by atoms with E-state index in [-0.39, 0.29) is 31.1 Å². The summed E-state index contributed by atoms with van der Waals surface area (Å²) < 4.78 is 4.98. The first-order valence-corrected chi connectivity index (χ1v) is 10.2. The van der Waals surface area contributed by atoms with Crippen LogP contribution >= 0.6 is 0 Å². The van der Waals surface area contributed by atoms with Crippen LogP contribution in [0.2, 0.25) is 0 Å². The van der Waals surface area contributed by atoms with Gasteiger partial charge in [0, 0.05) is 18.5 Å². The second-order valence-corrected chi connectivity index (χ2v) is 7.23. The zero-order valence-electron chi connectivity index (χ0n) is 17.5. The molecule has 158 valence electrons. The Balaban J connectivity index is 1.39. The minimum Gasteiger partial charge on any atom is -0.456 e. The number of ketones is 1. The van der Waals surface area contributed by atoms with Gasteiger partial charge in [-0.15, -0.1) is 0 Å². The van der Waals surface area contributed by atoms with E-state index in [2.05, 4.69) is 5.32 Å². The minimum absolute atomic E-state index is 0.0361. The average Bonchev–Trinajstić information content (AvgIpc) is 2.81. The molecule has 1 N–H and O–H groups in total. The zero-order chi connectivity index (χ0) is 22.1. The fourth-order valence-electron chi connectivity index (χ4n) is 3.11. The number of Topliss-reactive ketones (excluding diaryl/α,β-unsaturated/α-hetero) is 1. The second-order valence-electron chi connectivity index (χ2n) is 7.23. The van der Waals surface area contributed by atoms with E-state index in [1.807, 2.05) is 73.7 Å². The van der Waals surface area contributed by atoms with Gasteiger partial charge in [-0.25, -0.2) is 0 Å². The summed E-state index contributed by atoms with van der Waals surface area (Å²) in [6.45, 7) is 1.99. The summed E-state index contributed by atoms with van der Waals surface area (Å²) in [7, 11) is 0. The van der Waals surface area contributed by atoms with Crippen LogP contribution < -0.4 is 5.32 Å². The lowest BCUT2D eigenvalue weighted by Crippen LogP contribution is -2.28. The van der Waals surface area contributed by atoms with Crippen molar-refractivity contribution in [1.82, 2.24) is 5.32 Å². The Labute approximate surface area is 182 Å². The van der Waals surface area contributed by atoms with Gasteiger partial charge in [-0.2, -0.15) is 0 Å². The first-order valence-electron chi connectivity index (χ1n) is 10.2. The minimum atomic E-state index is -0.569. The molecule has 0 fully saturated rings. The maximum Gasteiger partial charge on any atom is 0.306 e. The Bertz CT molecular complexity index is 1040. The zero-order valence-corrected chi connectivity index (χ0v) is 17.5. The largest absolute Gasteiger partial charge is 0.456 e. The number of amides is 1. The van der Waals surface area contributed by atoms with Crippen LogP contribution in [0.25, 0.3) is 11.1 Å². The molecule has 0 aliphatic heterocycles. The topological polar surface area (TPSA) is 72.5 Å².